The fourth-order valence-corrected chi connectivity index (χ4v) is 1.88. The van der Waals surface area contributed by atoms with E-state index in [1.165, 1.54) is 0 Å². The number of carbonyl (C=O) groups excluding carboxylic acids is 1. The molecule has 2 atom stereocenters. The van der Waals surface area contributed by atoms with Gasteiger partial charge in [0.25, 0.3) is 6.47 Å². The third-order valence-electron chi connectivity index (χ3n) is 3.23. The summed E-state index contributed by atoms with van der Waals surface area (Å²) in [4.78, 5) is 9.93. The molecule has 0 aliphatic heterocycles. The highest BCUT2D eigenvalue weighted by Gasteiger charge is 1.93. The van der Waals surface area contributed by atoms with Gasteiger partial charge in [-0.2, -0.15) is 0 Å². The molecule has 0 aromatic rings. The summed E-state index contributed by atoms with van der Waals surface area (Å²) in [5.74, 6) is 0. The topological polar surface area (TPSA) is 66.8 Å². The highest BCUT2D eigenvalue weighted by atomic mass is 16.5. The fourth-order valence-electron chi connectivity index (χ4n) is 1.88. The van der Waals surface area contributed by atoms with Crippen LogP contribution in [0.1, 0.15) is 39.0 Å². The van der Waals surface area contributed by atoms with Crippen molar-refractivity contribution in [3.05, 3.63) is 72.9 Å². The summed E-state index contributed by atoms with van der Waals surface area (Å²) in [5, 5.41) is 19.5. The van der Waals surface area contributed by atoms with E-state index in [1.807, 2.05) is 48.6 Å². The number of hydrogen-bond acceptors (Lipinski definition) is 4. The predicted octanol–water partition coefficient (Wildman–Crippen LogP) is 4.19. The monoisotopic (exact) mass is 360 g/mol. The van der Waals surface area contributed by atoms with Crippen LogP contribution in [0.2, 0.25) is 0 Å². The minimum Gasteiger partial charge on any atom is -0.468 e. The lowest BCUT2D eigenvalue weighted by Crippen LogP contribution is -1.98. The Morgan fingerprint density at radius 2 is 1.38 bits per heavy atom. The van der Waals surface area contributed by atoms with Crippen molar-refractivity contribution in [1.29, 1.82) is 0 Å². The molecule has 0 fully saturated rings. The normalized spacial score (nSPS) is 15.3. The third-order valence-corrected chi connectivity index (χ3v) is 3.23. The first-order valence-electron chi connectivity index (χ1n) is 9.08. The lowest BCUT2D eigenvalue weighted by molar-refractivity contribution is -0.128. The first kappa shape index (κ1) is 23.8. The molecule has 0 aliphatic rings. The van der Waals surface area contributed by atoms with Gasteiger partial charge in [-0.05, 0) is 32.1 Å². The zero-order valence-corrected chi connectivity index (χ0v) is 15.6. The number of aliphatic hydroxyl groups excluding tert-OH is 2. The van der Waals surface area contributed by atoms with Crippen molar-refractivity contribution in [2.45, 2.75) is 51.2 Å². The minimum atomic E-state index is -0.519. The first-order valence-corrected chi connectivity index (χ1v) is 9.08. The van der Waals surface area contributed by atoms with Gasteiger partial charge in [0, 0.05) is 0 Å². The third kappa shape index (κ3) is 18.2. The first-order chi connectivity index (χ1) is 12.7. The molecule has 0 aliphatic carbocycles. The van der Waals surface area contributed by atoms with Crippen molar-refractivity contribution in [2.24, 2.45) is 0 Å². The zero-order chi connectivity index (χ0) is 19.3. The largest absolute Gasteiger partial charge is 0.468 e. The molecule has 0 bridgehead atoms. The van der Waals surface area contributed by atoms with Crippen LogP contribution in [0.4, 0.5) is 0 Å². The minimum absolute atomic E-state index is 0.408. The molecule has 0 aromatic heterocycles. The number of aliphatic hydroxyl groups is 2. The Kier molecular flexibility index (Phi) is 17.6. The maximum absolute atomic E-state index is 9.93. The standard InChI is InChI=1S/C22H32O4/c1-2-3-10-15-21(24)17-12-7-8-13-18-22(25)16-11-6-4-5-9-14-19-26-20-23/h3,5-13,17-18,20-22,24-25H,2,4,14-16,19H2,1H3/b8-7+,9-5-,10-3-,11-6-,17-12-,18-13+/t21-,22+/m0/s1. The van der Waals surface area contributed by atoms with E-state index in [0.29, 0.717) is 32.3 Å². The summed E-state index contributed by atoms with van der Waals surface area (Å²) < 4.78 is 4.57. The highest BCUT2D eigenvalue weighted by molar-refractivity contribution is 5.36. The SMILES string of the molecule is CC/C=C\C[C@H](O)\C=C/C=C/C=C/[C@H](O)C/C=C\C/C=C\CCOC=O. The molecule has 144 valence electrons. The Morgan fingerprint density at radius 1 is 0.808 bits per heavy atom. The Balaban J connectivity index is 3.84. The van der Waals surface area contributed by atoms with Gasteiger partial charge >= 0.3 is 0 Å². The van der Waals surface area contributed by atoms with Gasteiger partial charge in [0.15, 0.2) is 0 Å². The molecular formula is C22H32O4. The molecule has 0 heterocycles. The van der Waals surface area contributed by atoms with Crippen LogP contribution in [-0.4, -0.2) is 35.5 Å². The van der Waals surface area contributed by atoms with E-state index >= 15 is 0 Å². The fraction of sp³-hybridized carbons (Fsp3) is 0.409. The number of allylic oxidation sites excluding steroid dienone is 7. The van der Waals surface area contributed by atoms with Crippen molar-refractivity contribution in [1.82, 2.24) is 0 Å². The van der Waals surface area contributed by atoms with Gasteiger partial charge < -0.3 is 14.9 Å². The van der Waals surface area contributed by atoms with Crippen LogP contribution in [-0.2, 0) is 9.53 Å². The van der Waals surface area contributed by atoms with Crippen LogP contribution in [0.3, 0.4) is 0 Å². The van der Waals surface area contributed by atoms with Gasteiger partial charge in [0.2, 0.25) is 0 Å². The molecule has 26 heavy (non-hydrogen) atoms. The van der Waals surface area contributed by atoms with Crippen molar-refractivity contribution < 1.29 is 19.7 Å². The summed E-state index contributed by atoms with van der Waals surface area (Å²) in [6.07, 6.45) is 25.3. The number of carbonyl (C=O) groups is 1. The van der Waals surface area contributed by atoms with Gasteiger partial charge in [0.05, 0.1) is 18.8 Å². The van der Waals surface area contributed by atoms with Crippen LogP contribution in [0, 0.1) is 0 Å². The van der Waals surface area contributed by atoms with Crippen molar-refractivity contribution in [3.63, 3.8) is 0 Å². The van der Waals surface area contributed by atoms with Gasteiger partial charge in [0.1, 0.15) is 0 Å². The molecule has 4 nitrogen and oxygen atoms in total. The van der Waals surface area contributed by atoms with Crippen molar-refractivity contribution in [3.8, 4) is 0 Å². The molecule has 0 saturated heterocycles. The molecular weight excluding hydrogens is 328 g/mol. The maximum atomic E-state index is 9.93. The van der Waals surface area contributed by atoms with Gasteiger partial charge in [-0.3, -0.25) is 4.79 Å². The molecule has 4 heteroatoms. The van der Waals surface area contributed by atoms with Crippen LogP contribution in [0.15, 0.2) is 72.9 Å². The Labute approximate surface area is 157 Å². The highest BCUT2D eigenvalue weighted by Crippen LogP contribution is 1.99. The Morgan fingerprint density at radius 3 is 1.96 bits per heavy atom. The summed E-state index contributed by atoms with van der Waals surface area (Å²) in [6, 6.07) is 0. The van der Waals surface area contributed by atoms with Gasteiger partial charge in [-0.15, -0.1) is 0 Å². The lowest BCUT2D eigenvalue weighted by Gasteiger charge is -1.99. The van der Waals surface area contributed by atoms with E-state index in [2.05, 4.69) is 11.7 Å². The Bertz CT molecular complexity index is 498. The number of rotatable bonds is 15. The second kappa shape index (κ2) is 19.2. The van der Waals surface area contributed by atoms with E-state index in [9.17, 15) is 15.0 Å². The van der Waals surface area contributed by atoms with Crippen LogP contribution < -0.4 is 0 Å². The molecule has 0 amide bonds. The summed E-state index contributed by atoms with van der Waals surface area (Å²) in [6.45, 7) is 2.92. The van der Waals surface area contributed by atoms with E-state index in [1.54, 1.807) is 24.3 Å². The van der Waals surface area contributed by atoms with Gasteiger partial charge in [-0.1, -0.05) is 79.8 Å². The second-order valence-electron chi connectivity index (χ2n) is 5.57. The van der Waals surface area contributed by atoms with Crippen LogP contribution in [0.5, 0.6) is 0 Å². The summed E-state index contributed by atoms with van der Waals surface area (Å²) in [7, 11) is 0. The predicted molar refractivity (Wildman–Crippen MR) is 108 cm³/mol. The lowest BCUT2D eigenvalue weighted by atomic mass is 10.2. The molecule has 0 unspecified atom stereocenters. The maximum Gasteiger partial charge on any atom is 0.293 e. The van der Waals surface area contributed by atoms with Crippen molar-refractivity contribution >= 4 is 6.47 Å². The molecule has 0 rings (SSSR count). The molecule has 0 aromatic carbocycles. The number of hydrogen-bond donors (Lipinski definition) is 2. The molecule has 2 N–H and O–H groups in total. The molecule has 0 saturated carbocycles. The zero-order valence-electron chi connectivity index (χ0n) is 15.6. The van der Waals surface area contributed by atoms with E-state index in [0.717, 1.165) is 12.8 Å². The van der Waals surface area contributed by atoms with E-state index < -0.39 is 12.2 Å². The summed E-state index contributed by atoms with van der Waals surface area (Å²) in [5.41, 5.74) is 0. The van der Waals surface area contributed by atoms with Crippen molar-refractivity contribution in [2.75, 3.05) is 6.61 Å². The average molecular weight is 360 g/mol. The average Bonchev–Trinajstić information content (AvgIpc) is 2.63. The van der Waals surface area contributed by atoms with E-state index in [4.69, 9.17) is 0 Å². The molecule has 0 radical (unpaired) electrons. The van der Waals surface area contributed by atoms with Crippen LogP contribution >= 0.6 is 0 Å². The Hall–Kier alpha value is -2.17. The van der Waals surface area contributed by atoms with Gasteiger partial charge in [-0.25, -0.2) is 0 Å². The smallest absolute Gasteiger partial charge is 0.293 e. The van der Waals surface area contributed by atoms with Crippen LogP contribution in [0.25, 0.3) is 0 Å². The molecule has 0 spiro atoms. The number of ether oxygens (including phenoxy) is 1. The summed E-state index contributed by atoms with van der Waals surface area (Å²) >= 11 is 0. The quantitative estimate of drug-likeness (QED) is 0.199. The van der Waals surface area contributed by atoms with E-state index in [-0.39, 0.29) is 0 Å². The second-order valence-corrected chi connectivity index (χ2v) is 5.57.